The highest BCUT2D eigenvalue weighted by Crippen LogP contribution is 2.32. The van der Waals surface area contributed by atoms with Crippen molar-refractivity contribution in [2.24, 2.45) is 5.73 Å². The van der Waals surface area contributed by atoms with Gasteiger partial charge in [-0.05, 0) is 30.5 Å². The summed E-state index contributed by atoms with van der Waals surface area (Å²) < 4.78 is 1.94. The number of primary amides is 1. The first-order valence-electron chi connectivity index (χ1n) is 6.75. The topological polar surface area (TPSA) is 85.1 Å². The van der Waals surface area contributed by atoms with E-state index in [-0.39, 0.29) is 11.2 Å². The summed E-state index contributed by atoms with van der Waals surface area (Å²) in [7, 11) is 0. The first-order chi connectivity index (χ1) is 11.0. The van der Waals surface area contributed by atoms with Crippen LogP contribution in [0, 0.1) is 0 Å². The number of carbonyl (C=O) groups is 2. The molecule has 3 aromatic rings. The first kappa shape index (κ1) is 16.0. The van der Waals surface area contributed by atoms with E-state index in [1.54, 1.807) is 22.8 Å². The van der Waals surface area contributed by atoms with Crippen molar-refractivity contribution >= 4 is 61.5 Å². The van der Waals surface area contributed by atoms with Gasteiger partial charge in [0.25, 0.3) is 5.91 Å². The number of para-hydroxylation sites is 1. The number of amides is 2. The molecule has 0 aliphatic rings. The van der Waals surface area contributed by atoms with Gasteiger partial charge in [0.1, 0.15) is 5.00 Å². The monoisotopic (exact) mass is 363 g/mol. The van der Waals surface area contributed by atoms with Crippen molar-refractivity contribution in [1.82, 2.24) is 4.98 Å². The Morgan fingerprint density at radius 3 is 2.83 bits per heavy atom. The van der Waals surface area contributed by atoms with E-state index >= 15 is 0 Å². The fourth-order valence-electron chi connectivity index (χ4n) is 1.92. The lowest BCUT2D eigenvalue weighted by molar-refractivity contribution is -0.115. The van der Waals surface area contributed by atoms with Gasteiger partial charge in [-0.3, -0.25) is 9.59 Å². The lowest BCUT2D eigenvalue weighted by atomic mass is 10.3. The molecule has 0 aliphatic carbocycles. The van der Waals surface area contributed by atoms with Gasteiger partial charge in [0, 0.05) is 0 Å². The molecule has 0 saturated carbocycles. The number of nitrogens with one attached hydrogen (secondary N) is 1. The van der Waals surface area contributed by atoms with Gasteiger partial charge in [0.05, 0.1) is 21.0 Å². The Balaban J connectivity index is 1.69. The number of nitrogens with two attached hydrogens (primary N) is 1. The number of thiazole rings is 1. The van der Waals surface area contributed by atoms with Crippen LogP contribution >= 0.6 is 34.4 Å². The summed E-state index contributed by atoms with van der Waals surface area (Å²) in [5.41, 5.74) is 6.55. The maximum Gasteiger partial charge on any atom is 0.251 e. The van der Waals surface area contributed by atoms with Crippen LogP contribution in [0.25, 0.3) is 10.2 Å². The van der Waals surface area contributed by atoms with Crippen LogP contribution in [0.4, 0.5) is 5.00 Å². The molecule has 1 atom stereocenters. The van der Waals surface area contributed by atoms with Gasteiger partial charge < -0.3 is 11.1 Å². The third-order valence-corrected chi connectivity index (χ3v) is 6.15. The molecule has 3 rings (SSSR count). The lowest BCUT2D eigenvalue weighted by Gasteiger charge is -2.09. The lowest BCUT2D eigenvalue weighted by Crippen LogP contribution is -2.23. The summed E-state index contributed by atoms with van der Waals surface area (Å²) in [6.45, 7) is 1.81. The Bertz CT molecular complexity index is 839. The molecule has 3 N–H and O–H groups in total. The van der Waals surface area contributed by atoms with E-state index in [9.17, 15) is 9.59 Å². The van der Waals surface area contributed by atoms with Crippen molar-refractivity contribution in [3.63, 3.8) is 0 Å². The van der Waals surface area contributed by atoms with Crippen molar-refractivity contribution < 1.29 is 9.59 Å². The van der Waals surface area contributed by atoms with Crippen molar-refractivity contribution in [2.45, 2.75) is 16.5 Å². The number of hydrogen-bond acceptors (Lipinski definition) is 6. The zero-order chi connectivity index (χ0) is 16.4. The van der Waals surface area contributed by atoms with Gasteiger partial charge in [-0.15, -0.1) is 22.7 Å². The van der Waals surface area contributed by atoms with Crippen molar-refractivity contribution in [2.75, 3.05) is 5.32 Å². The molecule has 23 heavy (non-hydrogen) atoms. The Morgan fingerprint density at radius 2 is 2.09 bits per heavy atom. The number of benzene rings is 1. The molecule has 0 bridgehead atoms. The number of thioether (sulfide) groups is 1. The molecular weight excluding hydrogens is 350 g/mol. The van der Waals surface area contributed by atoms with Crippen molar-refractivity contribution in [3.05, 3.63) is 41.3 Å². The van der Waals surface area contributed by atoms with E-state index < -0.39 is 5.91 Å². The third kappa shape index (κ3) is 3.54. The van der Waals surface area contributed by atoms with E-state index in [0.29, 0.717) is 10.6 Å². The molecule has 2 amide bonds. The molecule has 0 unspecified atom stereocenters. The fourth-order valence-corrected chi connectivity index (χ4v) is 4.93. The predicted molar refractivity (Wildman–Crippen MR) is 96.4 cm³/mol. The summed E-state index contributed by atoms with van der Waals surface area (Å²) >= 11 is 4.24. The molecule has 0 spiro atoms. The first-order valence-corrected chi connectivity index (χ1v) is 9.32. The van der Waals surface area contributed by atoms with Crippen LogP contribution in [0.5, 0.6) is 0 Å². The highest BCUT2D eigenvalue weighted by atomic mass is 32.2. The van der Waals surface area contributed by atoms with Gasteiger partial charge in [0.2, 0.25) is 5.91 Å². The number of fused-ring (bicyclic) bond motifs is 1. The van der Waals surface area contributed by atoms with Crippen LogP contribution in [0.2, 0.25) is 0 Å². The minimum absolute atomic E-state index is 0.181. The number of aromatic nitrogens is 1. The quantitative estimate of drug-likeness (QED) is 0.679. The van der Waals surface area contributed by atoms with Crippen LogP contribution in [0.1, 0.15) is 17.3 Å². The second-order valence-electron chi connectivity index (χ2n) is 4.72. The van der Waals surface area contributed by atoms with Gasteiger partial charge >= 0.3 is 0 Å². The highest BCUT2D eigenvalue weighted by Gasteiger charge is 2.19. The molecule has 118 valence electrons. The number of hydrogen-bond donors (Lipinski definition) is 2. The van der Waals surface area contributed by atoms with E-state index in [0.717, 1.165) is 14.6 Å². The second kappa shape index (κ2) is 6.69. The average molecular weight is 363 g/mol. The summed E-state index contributed by atoms with van der Waals surface area (Å²) in [6.07, 6.45) is 0. The van der Waals surface area contributed by atoms with Crippen LogP contribution in [0.15, 0.2) is 40.1 Å². The summed E-state index contributed by atoms with van der Waals surface area (Å²) in [6, 6.07) is 9.47. The number of carbonyl (C=O) groups excluding carboxylic acids is 2. The number of nitrogens with zero attached hydrogens (tertiary/aromatic N) is 1. The maximum atomic E-state index is 12.3. The van der Waals surface area contributed by atoms with E-state index in [1.165, 1.54) is 23.1 Å². The minimum Gasteiger partial charge on any atom is -0.366 e. The molecule has 5 nitrogen and oxygen atoms in total. The van der Waals surface area contributed by atoms with Gasteiger partial charge in [0.15, 0.2) is 4.34 Å². The summed E-state index contributed by atoms with van der Waals surface area (Å²) in [5, 5.41) is 4.63. The Kier molecular flexibility index (Phi) is 4.65. The minimum atomic E-state index is -0.548. The second-order valence-corrected chi connectivity index (χ2v) is 8.26. The van der Waals surface area contributed by atoms with Crippen LogP contribution in [-0.4, -0.2) is 22.0 Å². The largest absolute Gasteiger partial charge is 0.366 e. The Hall–Kier alpha value is -1.90. The Morgan fingerprint density at radius 1 is 1.30 bits per heavy atom. The Labute approximate surface area is 144 Å². The van der Waals surface area contributed by atoms with Gasteiger partial charge in [-0.1, -0.05) is 23.9 Å². The van der Waals surface area contributed by atoms with Crippen LogP contribution in [-0.2, 0) is 4.79 Å². The van der Waals surface area contributed by atoms with Crippen molar-refractivity contribution in [3.8, 4) is 0 Å². The molecule has 0 radical (unpaired) electrons. The van der Waals surface area contributed by atoms with E-state index in [2.05, 4.69) is 10.3 Å². The molecule has 0 saturated heterocycles. The van der Waals surface area contributed by atoms with E-state index in [1.807, 2.05) is 31.2 Å². The normalized spacial score (nSPS) is 12.2. The SMILES string of the molecule is C[C@@H](Sc1nc2ccccc2s1)C(=O)Nc1sccc1C(N)=O. The smallest absolute Gasteiger partial charge is 0.251 e. The number of rotatable bonds is 5. The molecule has 8 heteroatoms. The fraction of sp³-hybridized carbons (Fsp3) is 0.133. The number of anilines is 1. The molecule has 0 fully saturated rings. The van der Waals surface area contributed by atoms with Crippen LogP contribution in [0.3, 0.4) is 0 Å². The molecule has 1 aromatic carbocycles. The maximum absolute atomic E-state index is 12.3. The molecular formula is C15H13N3O2S3. The zero-order valence-corrected chi connectivity index (χ0v) is 14.6. The molecule has 0 aliphatic heterocycles. The average Bonchev–Trinajstić information content (AvgIpc) is 3.12. The zero-order valence-electron chi connectivity index (χ0n) is 12.1. The summed E-state index contributed by atoms with van der Waals surface area (Å²) in [4.78, 5) is 28.1. The van der Waals surface area contributed by atoms with Gasteiger partial charge in [-0.25, -0.2) is 4.98 Å². The van der Waals surface area contributed by atoms with E-state index in [4.69, 9.17) is 5.73 Å². The standard InChI is InChI=1S/C15H13N3O2S3/c1-8(13(20)18-14-9(12(16)19)6-7-21-14)22-15-17-10-4-2-3-5-11(10)23-15/h2-8H,1H3,(H2,16,19)(H,18,20)/t8-/m1/s1. The predicted octanol–water partition coefficient (Wildman–Crippen LogP) is 3.58. The number of thiophene rings is 1. The summed E-state index contributed by atoms with van der Waals surface area (Å²) in [5.74, 6) is -0.729. The highest BCUT2D eigenvalue weighted by molar-refractivity contribution is 8.02. The van der Waals surface area contributed by atoms with Crippen LogP contribution < -0.4 is 11.1 Å². The molecule has 2 heterocycles. The van der Waals surface area contributed by atoms with Crippen molar-refractivity contribution in [1.29, 1.82) is 0 Å². The molecule has 2 aromatic heterocycles. The van der Waals surface area contributed by atoms with Gasteiger partial charge in [-0.2, -0.15) is 0 Å². The third-order valence-electron chi connectivity index (χ3n) is 3.09.